The minimum absolute atomic E-state index is 0.854. The zero-order chi connectivity index (χ0) is 14.2. The molecule has 2 aromatic carbocycles. The Hall–Kier alpha value is -2.46. The summed E-state index contributed by atoms with van der Waals surface area (Å²) in [5.41, 5.74) is 3.06. The fraction of sp³-hybridized carbons (Fsp3) is 0.0588. The highest BCUT2D eigenvalue weighted by Crippen LogP contribution is 2.34. The van der Waals surface area contributed by atoms with Crippen LogP contribution >= 0.6 is 11.3 Å². The van der Waals surface area contributed by atoms with Crippen LogP contribution in [-0.2, 0) is 0 Å². The number of hydrogen-bond donors (Lipinski definition) is 0. The van der Waals surface area contributed by atoms with Gasteiger partial charge in [-0.05, 0) is 30.3 Å². The summed E-state index contributed by atoms with van der Waals surface area (Å²) in [4.78, 5) is 9.17. The Morgan fingerprint density at radius 2 is 1.76 bits per heavy atom. The topological polar surface area (TPSA) is 35.0 Å². The first kappa shape index (κ1) is 12.3. The van der Waals surface area contributed by atoms with Crippen molar-refractivity contribution in [2.75, 3.05) is 7.11 Å². The highest BCUT2D eigenvalue weighted by molar-refractivity contribution is 7.22. The number of hydrogen-bond acceptors (Lipinski definition) is 4. The summed E-state index contributed by atoms with van der Waals surface area (Å²) in [5.74, 6) is 0.854. The van der Waals surface area contributed by atoms with Crippen molar-refractivity contribution >= 4 is 32.5 Å². The monoisotopic (exact) mass is 292 g/mol. The van der Waals surface area contributed by atoms with Gasteiger partial charge in [0.1, 0.15) is 16.3 Å². The number of rotatable bonds is 2. The predicted molar refractivity (Wildman–Crippen MR) is 86.9 cm³/mol. The van der Waals surface area contributed by atoms with Gasteiger partial charge in [0.2, 0.25) is 0 Å². The molecule has 0 saturated heterocycles. The Labute approximate surface area is 125 Å². The SMILES string of the molecule is COc1ccc(-c2nc3cnc4ccccc4c3s2)cc1. The highest BCUT2D eigenvalue weighted by atomic mass is 32.1. The molecule has 0 bridgehead atoms. The predicted octanol–water partition coefficient (Wildman–Crippen LogP) is 4.52. The first-order valence-corrected chi connectivity index (χ1v) is 7.45. The number of thiazole rings is 1. The van der Waals surface area contributed by atoms with Crippen LogP contribution in [0.1, 0.15) is 0 Å². The molecule has 102 valence electrons. The van der Waals surface area contributed by atoms with Crippen molar-refractivity contribution in [1.29, 1.82) is 0 Å². The summed E-state index contributed by atoms with van der Waals surface area (Å²) >= 11 is 1.70. The highest BCUT2D eigenvalue weighted by Gasteiger charge is 2.09. The van der Waals surface area contributed by atoms with Gasteiger partial charge in [-0.1, -0.05) is 18.2 Å². The number of ether oxygens (including phenoxy) is 1. The average Bonchev–Trinajstić information content (AvgIpc) is 2.99. The van der Waals surface area contributed by atoms with Crippen LogP contribution in [0.25, 0.3) is 31.7 Å². The molecule has 0 atom stereocenters. The summed E-state index contributed by atoms with van der Waals surface area (Å²) in [7, 11) is 1.67. The standard InChI is InChI=1S/C17H12N2OS/c1-20-12-8-6-11(7-9-12)17-19-15-10-18-14-5-3-2-4-13(14)16(15)21-17/h2-10H,1H3. The normalized spacial score (nSPS) is 11.1. The van der Waals surface area contributed by atoms with E-state index in [4.69, 9.17) is 9.72 Å². The zero-order valence-electron chi connectivity index (χ0n) is 11.4. The van der Waals surface area contributed by atoms with Crippen molar-refractivity contribution in [2.24, 2.45) is 0 Å². The second-order valence-corrected chi connectivity index (χ2v) is 5.74. The van der Waals surface area contributed by atoms with E-state index in [-0.39, 0.29) is 0 Å². The fourth-order valence-electron chi connectivity index (χ4n) is 2.38. The van der Waals surface area contributed by atoms with E-state index in [9.17, 15) is 0 Å². The van der Waals surface area contributed by atoms with Gasteiger partial charge in [0.05, 0.1) is 23.5 Å². The molecule has 21 heavy (non-hydrogen) atoms. The van der Waals surface area contributed by atoms with Gasteiger partial charge in [-0.25, -0.2) is 4.98 Å². The van der Waals surface area contributed by atoms with Crippen LogP contribution < -0.4 is 4.74 Å². The molecular formula is C17H12N2OS. The second-order valence-electron chi connectivity index (χ2n) is 4.74. The van der Waals surface area contributed by atoms with E-state index in [1.165, 1.54) is 4.70 Å². The molecule has 0 unspecified atom stereocenters. The molecule has 0 N–H and O–H groups in total. The molecule has 0 aliphatic rings. The molecule has 0 radical (unpaired) electrons. The number of pyridine rings is 1. The van der Waals surface area contributed by atoms with Gasteiger partial charge in [0, 0.05) is 10.9 Å². The van der Waals surface area contributed by atoms with Gasteiger partial charge >= 0.3 is 0 Å². The number of para-hydroxylation sites is 1. The number of nitrogens with zero attached hydrogens (tertiary/aromatic N) is 2. The summed E-state index contributed by atoms with van der Waals surface area (Å²) in [6, 6.07) is 16.2. The van der Waals surface area contributed by atoms with E-state index in [0.29, 0.717) is 0 Å². The van der Waals surface area contributed by atoms with Crippen molar-refractivity contribution in [2.45, 2.75) is 0 Å². The molecule has 3 nitrogen and oxygen atoms in total. The molecule has 2 aromatic heterocycles. The molecule has 4 heteroatoms. The average molecular weight is 292 g/mol. The maximum atomic E-state index is 5.19. The maximum Gasteiger partial charge on any atom is 0.124 e. The molecule has 0 aliphatic carbocycles. The number of aromatic nitrogens is 2. The number of fused-ring (bicyclic) bond motifs is 3. The van der Waals surface area contributed by atoms with Gasteiger partial charge < -0.3 is 4.74 Å². The van der Waals surface area contributed by atoms with Crippen LogP contribution in [-0.4, -0.2) is 17.1 Å². The van der Waals surface area contributed by atoms with Gasteiger partial charge in [-0.2, -0.15) is 0 Å². The quantitative estimate of drug-likeness (QED) is 0.545. The lowest BCUT2D eigenvalue weighted by atomic mass is 10.2. The van der Waals surface area contributed by atoms with Crippen molar-refractivity contribution < 1.29 is 4.74 Å². The molecule has 4 aromatic rings. The van der Waals surface area contributed by atoms with Crippen molar-refractivity contribution in [3.63, 3.8) is 0 Å². The Bertz CT molecular complexity index is 928. The fourth-order valence-corrected chi connectivity index (χ4v) is 3.46. The van der Waals surface area contributed by atoms with Gasteiger partial charge in [-0.15, -0.1) is 11.3 Å². The van der Waals surface area contributed by atoms with Crippen LogP contribution in [0.15, 0.2) is 54.7 Å². The van der Waals surface area contributed by atoms with Gasteiger partial charge in [-0.3, -0.25) is 4.98 Å². The smallest absolute Gasteiger partial charge is 0.124 e. The van der Waals surface area contributed by atoms with Gasteiger partial charge in [0.15, 0.2) is 0 Å². The van der Waals surface area contributed by atoms with Gasteiger partial charge in [0.25, 0.3) is 0 Å². The van der Waals surface area contributed by atoms with Crippen molar-refractivity contribution in [3.8, 4) is 16.3 Å². The Kier molecular flexibility index (Phi) is 2.82. The van der Waals surface area contributed by atoms with Crippen molar-refractivity contribution in [3.05, 3.63) is 54.7 Å². The third-order valence-electron chi connectivity index (χ3n) is 3.46. The lowest BCUT2D eigenvalue weighted by Crippen LogP contribution is -1.82. The second kappa shape index (κ2) is 4.82. The number of methoxy groups -OCH3 is 1. The summed E-state index contributed by atoms with van der Waals surface area (Å²) in [6.07, 6.45) is 1.85. The molecule has 4 rings (SSSR count). The minimum Gasteiger partial charge on any atom is -0.497 e. The van der Waals surface area contributed by atoms with Crippen LogP contribution in [0.3, 0.4) is 0 Å². The van der Waals surface area contributed by atoms with E-state index in [2.05, 4.69) is 11.1 Å². The Morgan fingerprint density at radius 3 is 2.57 bits per heavy atom. The summed E-state index contributed by atoms with van der Waals surface area (Å²) < 4.78 is 6.38. The third kappa shape index (κ3) is 2.04. The summed E-state index contributed by atoms with van der Waals surface area (Å²) in [6.45, 7) is 0. The van der Waals surface area contributed by atoms with Crippen LogP contribution in [0.4, 0.5) is 0 Å². The molecule has 0 saturated carbocycles. The minimum atomic E-state index is 0.854. The zero-order valence-corrected chi connectivity index (χ0v) is 12.2. The van der Waals surface area contributed by atoms with Crippen LogP contribution in [0.5, 0.6) is 5.75 Å². The molecule has 0 aliphatic heterocycles. The van der Waals surface area contributed by atoms with Crippen LogP contribution in [0.2, 0.25) is 0 Å². The Morgan fingerprint density at radius 1 is 0.952 bits per heavy atom. The number of benzene rings is 2. The first-order chi connectivity index (χ1) is 10.3. The maximum absolute atomic E-state index is 5.19. The molecular weight excluding hydrogens is 280 g/mol. The Balaban J connectivity index is 1.91. The largest absolute Gasteiger partial charge is 0.497 e. The van der Waals surface area contributed by atoms with E-state index in [1.54, 1.807) is 18.4 Å². The molecule has 2 heterocycles. The van der Waals surface area contributed by atoms with Crippen LogP contribution in [0, 0.1) is 0 Å². The third-order valence-corrected chi connectivity index (χ3v) is 4.62. The lowest BCUT2D eigenvalue weighted by molar-refractivity contribution is 0.415. The first-order valence-electron chi connectivity index (χ1n) is 6.64. The molecule has 0 fully saturated rings. The molecule has 0 spiro atoms. The van der Waals surface area contributed by atoms with E-state index < -0.39 is 0 Å². The van der Waals surface area contributed by atoms with E-state index in [1.807, 2.05) is 48.7 Å². The summed E-state index contributed by atoms with van der Waals surface area (Å²) in [5, 5.41) is 2.16. The van der Waals surface area contributed by atoms with E-state index >= 15 is 0 Å². The van der Waals surface area contributed by atoms with Crippen molar-refractivity contribution in [1.82, 2.24) is 9.97 Å². The molecule has 0 amide bonds. The van der Waals surface area contributed by atoms with E-state index in [0.717, 1.165) is 32.7 Å². The lowest BCUT2D eigenvalue weighted by Gasteiger charge is -1.99.